The molecule has 1 spiro atoms. The Morgan fingerprint density at radius 1 is 0.886 bits per heavy atom. The van der Waals surface area contributed by atoms with Crippen LogP contribution in [-0.2, 0) is 36.6 Å². The van der Waals surface area contributed by atoms with Crippen molar-refractivity contribution in [1.29, 1.82) is 0 Å². The molecule has 2 aromatic rings. The van der Waals surface area contributed by atoms with Gasteiger partial charge < -0.3 is 28.1 Å². The molecule has 7 heteroatoms. The van der Waals surface area contributed by atoms with Gasteiger partial charge in [0.1, 0.15) is 5.75 Å². The average Bonchev–Trinajstić information content (AvgIpc) is 3.29. The Kier molecular flexibility index (Phi) is 12.7. The Hall–Kier alpha value is -2.00. The summed E-state index contributed by atoms with van der Waals surface area (Å²) in [5, 5.41) is 0.102. The number of hydrogen-bond donors (Lipinski definition) is 0. The van der Waals surface area contributed by atoms with E-state index in [2.05, 4.69) is 77.2 Å². The zero-order valence-electron chi connectivity index (χ0n) is 28.2. The van der Waals surface area contributed by atoms with E-state index < -0.39 is 14.1 Å². The Morgan fingerprint density at radius 2 is 1.55 bits per heavy atom. The van der Waals surface area contributed by atoms with E-state index in [9.17, 15) is 0 Å². The van der Waals surface area contributed by atoms with E-state index in [1.54, 1.807) is 7.11 Å². The van der Waals surface area contributed by atoms with E-state index in [-0.39, 0.29) is 29.5 Å². The van der Waals surface area contributed by atoms with Gasteiger partial charge in [0.05, 0.1) is 44.7 Å². The monoisotopic (exact) mass is 624 g/mol. The molecule has 4 atom stereocenters. The van der Waals surface area contributed by atoms with E-state index in [0.717, 1.165) is 42.6 Å². The van der Waals surface area contributed by atoms with Crippen LogP contribution in [0.15, 0.2) is 66.7 Å². The lowest BCUT2D eigenvalue weighted by Gasteiger charge is -2.38. The van der Waals surface area contributed by atoms with E-state index in [0.29, 0.717) is 19.8 Å². The van der Waals surface area contributed by atoms with Gasteiger partial charge in [0.15, 0.2) is 14.1 Å². The molecule has 1 aliphatic carbocycles. The van der Waals surface area contributed by atoms with Crippen molar-refractivity contribution in [1.82, 2.24) is 0 Å². The molecular formula is C37H56O6Si. The van der Waals surface area contributed by atoms with Crippen molar-refractivity contribution in [2.24, 2.45) is 0 Å². The third-order valence-corrected chi connectivity index (χ3v) is 13.9. The SMILES string of the molecule is COc1ccc(COCC[C@H](/C=C\[C@H](C[C@@H]2OC3(CCCCC3)O[C@H]2C)OCc2ccccc2)O[Si](C)(C)C(C)(C)C)cc1. The van der Waals surface area contributed by atoms with Crippen LogP contribution in [0.3, 0.4) is 0 Å². The highest BCUT2D eigenvalue weighted by molar-refractivity contribution is 6.74. The van der Waals surface area contributed by atoms with Crippen molar-refractivity contribution in [3.05, 3.63) is 77.9 Å². The predicted octanol–water partition coefficient (Wildman–Crippen LogP) is 8.99. The minimum Gasteiger partial charge on any atom is -0.497 e. The van der Waals surface area contributed by atoms with Gasteiger partial charge in [-0.2, -0.15) is 0 Å². The van der Waals surface area contributed by atoms with Crippen molar-refractivity contribution in [3.8, 4) is 5.75 Å². The van der Waals surface area contributed by atoms with Gasteiger partial charge in [0.25, 0.3) is 0 Å². The van der Waals surface area contributed by atoms with Gasteiger partial charge in [-0.05, 0) is 67.6 Å². The van der Waals surface area contributed by atoms with Crippen molar-refractivity contribution >= 4 is 8.32 Å². The summed E-state index contributed by atoms with van der Waals surface area (Å²) in [6.07, 6.45) is 11.3. The van der Waals surface area contributed by atoms with Crippen LogP contribution in [0.25, 0.3) is 0 Å². The van der Waals surface area contributed by atoms with Crippen LogP contribution in [0.1, 0.15) is 83.8 Å². The van der Waals surface area contributed by atoms with Gasteiger partial charge >= 0.3 is 0 Å². The van der Waals surface area contributed by atoms with Gasteiger partial charge in [-0.25, -0.2) is 0 Å². The molecule has 0 N–H and O–H groups in total. The lowest BCUT2D eigenvalue weighted by atomic mass is 9.94. The number of benzene rings is 2. The fourth-order valence-electron chi connectivity index (χ4n) is 5.70. The van der Waals surface area contributed by atoms with E-state index >= 15 is 0 Å². The summed E-state index contributed by atoms with van der Waals surface area (Å²) in [6.45, 7) is 15.3. The number of ether oxygens (including phenoxy) is 5. The van der Waals surface area contributed by atoms with Gasteiger partial charge in [0.2, 0.25) is 0 Å². The minimum atomic E-state index is -2.03. The molecule has 4 rings (SSSR count). The minimum absolute atomic E-state index is 0.00823. The predicted molar refractivity (Wildman–Crippen MR) is 179 cm³/mol. The third-order valence-electron chi connectivity index (χ3n) is 9.44. The second kappa shape index (κ2) is 16.0. The van der Waals surface area contributed by atoms with Gasteiger partial charge in [-0.15, -0.1) is 0 Å². The molecule has 0 radical (unpaired) electrons. The normalized spacial score (nSPS) is 22.0. The fourth-order valence-corrected chi connectivity index (χ4v) is 7.00. The molecule has 2 fully saturated rings. The zero-order chi connectivity index (χ0) is 31.6. The molecule has 2 aromatic carbocycles. The Labute approximate surface area is 267 Å². The lowest BCUT2D eigenvalue weighted by Crippen LogP contribution is -2.43. The topological polar surface area (TPSA) is 55.4 Å². The molecule has 1 aliphatic heterocycles. The first kappa shape index (κ1) is 34.9. The average molecular weight is 625 g/mol. The van der Waals surface area contributed by atoms with Crippen LogP contribution in [0.2, 0.25) is 18.1 Å². The Balaban J connectivity index is 1.44. The molecule has 2 aliphatic rings. The highest BCUT2D eigenvalue weighted by atomic mass is 28.4. The largest absolute Gasteiger partial charge is 0.497 e. The first-order valence-electron chi connectivity index (χ1n) is 16.6. The molecular weight excluding hydrogens is 568 g/mol. The fraction of sp³-hybridized carbons (Fsp3) is 0.622. The molecule has 0 bridgehead atoms. The van der Waals surface area contributed by atoms with E-state index in [4.69, 9.17) is 28.1 Å². The standard InChI is InChI=1S/C37H56O6Si/c1-29-35(42-37(41-29)23-12-9-13-24-37)26-34(40-28-30-14-10-8-11-15-30)21-20-33(43-44(6,7)36(2,3)4)22-25-39-27-31-16-18-32(38-5)19-17-31/h8,10-11,14-21,29,33-35H,9,12-13,22-28H2,1-7H3/b21-20-/t29-,33-,34+,35-/m0/s1. The number of methoxy groups -OCH3 is 1. The molecule has 44 heavy (non-hydrogen) atoms. The van der Waals surface area contributed by atoms with Gasteiger partial charge in [-0.1, -0.05) is 81.8 Å². The second-order valence-corrected chi connectivity index (χ2v) is 18.8. The quantitative estimate of drug-likeness (QED) is 0.112. The van der Waals surface area contributed by atoms with Crippen LogP contribution in [0, 0.1) is 0 Å². The molecule has 0 unspecified atom stereocenters. The summed E-state index contributed by atoms with van der Waals surface area (Å²) < 4.78 is 38.0. The van der Waals surface area contributed by atoms with Crippen LogP contribution >= 0.6 is 0 Å². The van der Waals surface area contributed by atoms with Crippen molar-refractivity contribution in [2.75, 3.05) is 13.7 Å². The van der Waals surface area contributed by atoms with E-state index in [1.807, 2.05) is 30.3 Å². The first-order chi connectivity index (χ1) is 21.0. The lowest BCUT2D eigenvalue weighted by molar-refractivity contribution is -0.194. The van der Waals surface area contributed by atoms with E-state index in [1.165, 1.54) is 19.3 Å². The molecule has 1 saturated carbocycles. The molecule has 244 valence electrons. The number of hydrogen-bond acceptors (Lipinski definition) is 6. The summed E-state index contributed by atoms with van der Waals surface area (Å²) in [5.41, 5.74) is 2.29. The van der Waals surface area contributed by atoms with Crippen molar-refractivity contribution in [2.45, 2.75) is 134 Å². The highest BCUT2D eigenvalue weighted by Gasteiger charge is 2.46. The van der Waals surface area contributed by atoms with Crippen LogP contribution in [0.4, 0.5) is 0 Å². The maximum absolute atomic E-state index is 6.92. The maximum atomic E-state index is 6.92. The Bertz CT molecular complexity index is 1140. The highest BCUT2D eigenvalue weighted by Crippen LogP contribution is 2.42. The third kappa shape index (κ3) is 10.3. The van der Waals surface area contributed by atoms with Crippen molar-refractivity contribution < 1.29 is 28.1 Å². The summed E-state index contributed by atoms with van der Waals surface area (Å²) in [4.78, 5) is 0. The molecule has 1 saturated heterocycles. The number of rotatable bonds is 15. The zero-order valence-corrected chi connectivity index (χ0v) is 29.2. The summed E-state index contributed by atoms with van der Waals surface area (Å²) in [5.74, 6) is 0.439. The van der Waals surface area contributed by atoms with Gasteiger partial charge in [0, 0.05) is 25.9 Å². The molecule has 6 nitrogen and oxygen atoms in total. The van der Waals surface area contributed by atoms with Crippen molar-refractivity contribution in [3.63, 3.8) is 0 Å². The second-order valence-electron chi connectivity index (χ2n) is 14.0. The molecule has 0 aromatic heterocycles. The maximum Gasteiger partial charge on any atom is 0.192 e. The van der Waals surface area contributed by atoms with Gasteiger partial charge in [-0.3, -0.25) is 0 Å². The summed E-state index contributed by atoms with van der Waals surface area (Å²) in [6, 6.07) is 18.4. The van der Waals surface area contributed by atoms with Crippen LogP contribution < -0.4 is 4.74 Å². The first-order valence-corrected chi connectivity index (χ1v) is 19.5. The molecule has 1 heterocycles. The molecule has 0 amide bonds. The Morgan fingerprint density at radius 3 is 2.20 bits per heavy atom. The smallest absolute Gasteiger partial charge is 0.192 e. The summed E-state index contributed by atoms with van der Waals surface area (Å²) >= 11 is 0. The van der Waals surface area contributed by atoms with Crippen LogP contribution in [0.5, 0.6) is 5.75 Å². The van der Waals surface area contributed by atoms with Crippen LogP contribution in [-0.4, -0.2) is 52.2 Å². The summed E-state index contributed by atoms with van der Waals surface area (Å²) in [7, 11) is -0.344.